The number of rotatable bonds is 5. The molecule has 0 aromatic heterocycles. The number of nitrogens with zero attached hydrogens (tertiary/aromatic N) is 1. The van der Waals surface area contributed by atoms with Gasteiger partial charge in [0.1, 0.15) is 10.1 Å². The first-order valence-corrected chi connectivity index (χ1v) is 9.71. The van der Waals surface area contributed by atoms with Crippen LogP contribution in [0.5, 0.6) is 0 Å². The number of nitrogens with one attached hydrogen (secondary N) is 1. The van der Waals surface area contributed by atoms with Crippen LogP contribution in [0.15, 0.2) is 0 Å². The second kappa shape index (κ2) is 5.49. The Bertz CT molecular complexity index is 620. The SMILES string of the molecule is CC1(NC(=O)CC[N+](C)(C)C)CS(=O)(=O)CC1S(=O)(=O)[O-]. The molecule has 1 N–H and O–H groups in total. The van der Waals surface area contributed by atoms with Crippen molar-refractivity contribution in [3.63, 3.8) is 0 Å². The zero-order chi connectivity index (χ0) is 16.7. The monoisotopic (exact) mass is 342 g/mol. The Morgan fingerprint density at radius 3 is 2.33 bits per heavy atom. The van der Waals surface area contributed by atoms with E-state index < -0.39 is 48.2 Å². The van der Waals surface area contributed by atoms with E-state index in [4.69, 9.17) is 0 Å². The fourth-order valence-corrected chi connectivity index (χ4v) is 6.67. The van der Waals surface area contributed by atoms with Gasteiger partial charge in [-0.25, -0.2) is 16.8 Å². The highest BCUT2D eigenvalue weighted by Gasteiger charge is 2.51. The van der Waals surface area contributed by atoms with Crippen LogP contribution in [0.1, 0.15) is 13.3 Å². The maximum atomic E-state index is 11.9. The molecule has 1 saturated heterocycles. The van der Waals surface area contributed by atoms with Crippen molar-refractivity contribution in [2.24, 2.45) is 0 Å². The Morgan fingerprint density at radius 1 is 1.38 bits per heavy atom. The van der Waals surface area contributed by atoms with Crippen molar-refractivity contribution in [1.29, 1.82) is 0 Å². The summed E-state index contributed by atoms with van der Waals surface area (Å²) >= 11 is 0. The Balaban J connectivity index is 2.90. The maximum absolute atomic E-state index is 11.9. The van der Waals surface area contributed by atoms with Crippen LogP contribution in [-0.2, 0) is 24.7 Å². The molecule has 8 nitrogen and oxygen atoms in total. The number of carbonyl (C=O) groups is 1. The summed E-state index contributed by atoms with van der Waals surface area (Å²) in [4.78, 5) is 11.9. The molecule has 21 heavy (non-hydrogen) atoms. The summed E-state index contributed by atoms with van der Waals surface area (Å²) in [6, 6.07) is 0. The lowest BCUT2D eigenvalue weighted by atomic mass is 10.0. The smallest absolute Gasteiger partial charge is 0.226 e. The predicted molar refractivity (Wildman–Crippen MR) is 76.2 cm³/mol. The van der Waals surface area contributed by atoms with Gasteiger partial charge in [-0.05, 0) is 6.92 Å². The van der Waals surface area contributed by atoms with Crippen molar-refractivity contribution in [2.45, 2.75) is 24.1 Å². The van der Waals surface area contributed by atoms with E-state index >= 15 is 0 Å². The molecular weight excluding hydrogens is 320 g/mol. The molecule has 1 aliphatic rings. The van der Waals surface area contributed by atoms with Crippen LogP contribution >= 0.6 is 0 Å². The van der Waals surface area contributed by atoms with Crippen molar-refractivity contribution in [3.8, 4) is 0 Å². The second-order valence-electron chi connectivity index (χ2n) is 6.77. The topological polar surface area (TPSA) is 120 Å². The van der Waals surface area contributed by atoms with Gasteiger partial charge < -0.3 is 14.4 Å². The number of hydrogen-bond acceptors (Lipinski definition) is 6. The van der Waals surface area contributed by atoms with Gasteiger partial charge >= 0.3 is 0 Å². The lowest BCUT2D eigenvalue weighted by Gasteiger charge is -2.33. The van der Waals surface area contributed by atoms with Gasteiger partial charge in [-0.3, -0.25) is 4.79 Å². The van der Waals surface area contributed by atoms with Crippen molar-refractivity contribution in [3.05, 3.63) is 0 Å². The highest BCUT2D eigenvalue weighted by Crippen LogP contribution is 2.28. The second-order valence-corrected chi connectivity index (χ2v) is 10.4. The van der Waals surface area contributed by atoms with E-state index in [0.29, 0.717) is 11.0 Å². The average Bonchev–Trinajstić information content (AvgIpc) is 2.44. The zero-order valence-corrected chi connectivity index (χ0v) is 14.3. The van der Waals surface area contributed by atoms with E-state index in [2.05, 4.69) is 5.32 Å². The van der Waals surface area contributed by atoms with Gasteiger partial charge in [0.05, 0.1) is 56.4 Å². The zero-order valence-electron chi connectivity index (χ0n) is 12.6. The highest BCUT2D eigenvalue weighted by atomic mass is 32.2. The Kier molecular flexibility index (Phi) is 4.79. The summed E-state index contributed by atoms with van der Waals surface area (Å²) in [7, 11) is -2.82. The quantitative estimate of drug-likeness (QED) is 0.470. The van der Waals surface area contributed by atoms with Crippen LogP contribution in [-0.4, -0.2) is 81.8 Å². The van der Waals surface area contributed by atoms with Crippen molar-refractivity contribution < 1.29 is 30.7 Å². The van der Waals surface area contributed by atoms with E-state index in [1.54, 1.807) is 0 Å². The molecule has 0 spiro atoms. The van der Waals surface area contributed by atoms with Crippen molar-refractivity contribution in [1.82, 2.24) is 5.32 Å². The Morgan fingerprint density at radius 2 is 1.90 bits per heavy atom. The summed E-state index contributed by atoms with van der Waals surface area (Å²) in [5, 5.41) is 0.783. The van der Waals surface area contributed by atoms with Crippen LogP contribution in [0.2, 0.25) is 0 Å². The fourth-order valence-electron chi connectivity index (χ4n) is 2.36. The van der Waals surface area contributed by atoms with Crippen molar-refractivity contribution in [2.75, 3.05) is 39.2 Å². The highest BCUT2D eigenvalue weighted by molar-refractivity contribution is 7.94. The van der Waals surface area contributed by atoms with Crippen LogP contribution in [0, 0.1) is 0 Å². The molecule has 2 atom stereocenters. The average molecular weight is 342 g/mol. The molecule has 1 aliphatic heterocycles. The standard InChI is InChI=1S/C11H22N2O6S2/c1-11(12-10(14)5-6-13(2,3)4)8-20(15,16)7-9(11)21(17,18)19/h9H,5-8H2,1-4H3,(H-,12,14,17,18,19). The fraction of sp³-hybridized carbons (Fsp3) is 0.909. The first-order chi connectivity index (χ1) is 9.15. The van der Waals surface area contributed by atoms with E-state index in [1.165, 1.54) is 6.92 Å². The number of quaternary nitrogens is 1. The summed E-state index contributed by atoms with van der Waals surface area (Å²) in [5.74, 6) is -1.75. The minimum absolute atomic E-state index is 0.116. The lowest BCUT2D eigenvalue weighted by molar-refractivity contribution is -0.869. The molecule has 1 amide bonds. The molecule has 0 aliphatic carbocycles. The van der Waals surface area contributed by atoms with Gasteiger partial charge in [0.2, 0.25) is 5.91 Å². The normalized spacial score (nSPS) is 29.3. The van der Waals surface area contributed by atoms with Gasteiger partial charge in [0.25, 0.3) is 0 Å². The van der Waals surface area contributed by atoms with Gasteiger partial charge in [0, 0.05) is 0 Å². The molecule has 124 valence electrons. The largest absolute Gasteiger partial charge is 0.748 e. The number of carbonyl (C=O) groups excluding carboxylic acids is 1. The maximum Gasteiger partial charge on any atom is 0.226 e. The molecule has 0 radical (unpaired) electrons. The molecular formula is C11H22N2O6S2. The summed E-state index contributed by atoms with van der Waals surface area (Å²) in [6.07, 6.45) is 0.116. The first kappa shape index (κ1) is 18.3. The molecule has 0 aromatic rings. The number of sulfone groups is 1. The minimum atomic E-state index is -4.82. The molecule has 1 fully saturated rings. The predicted octanol–water partition coefficient (Wildman–Crippen LogP) is -1.70. The van der Waals surface area contributed by atoms with E-state index in [9.17, 15) is 26.2 Å². The van der Waals surface area contributed by atoms with Gasteiger partial charge in [0.15, 0.2) is 9.84 Å². The summed E-state index contributed by atoms with van der Waals surface area (Å²) in [6.45, 7) is 1.80. The Hall–Kier alpha value is -0.710. The first-order valence-electron chi connectivity index (χ1n) is 6.41. The molecule has 1 heterocycles. The third-order valence-electron chi connectivity index (χ3n) is 3.42. The van der Waals surface area contributed by atoms with E-state index in [-0.39, 0.29) is 6.42 Å². The number of hydrogen-bond donors (Lipinski definition) is 1. The molecule has 2 unspecified atom stereocenters. The van der Waals surface area contributed by atoms with Crippen LogP contribution in [0.3, 0.4) is 0 Å². The minimum Gasteiger partial charge on any atom is -0.748 e. The summed E-state index contributed by atoms with van der Waals surface area (Å²) in [5.41, 5.74) is -1.57. The lowest BCUT2D eigenvalue weighted by Crippen LogP contribution is -2.57. The third kappa shape index (κ3) is 5.20. The third-order valence-corrected chi connectivity index (χ3v) is 6.89. The van der Waals surface area contributed by atoms with Gasteiger partial charge in [-0.1, -0.05) is 0 Å². The number of amides is 1. The van der Waals surface area contributed by atoms with Crippen LogP contribution in [0.25, 0.3) is 0 Å². The Labute approximate surface area is 125 Å². The molecule has 0 bridgehead atoms. The van der Waals surface area contributed by atoms with Gasteiger partial charge in [-0.15, -0.1) is 0 Å². The molecule has 0 saturated carbocycles. The van der Waals surface area contributed by atoms with Gasteiger partial charge in [-0.2, -0.15) is 0 Å². The molecule has 1 rings (SSSR count). The van der Waals surface area contributed by atoms with Crippen molar-refractivity contribution >= 4 is 25.9 Å². The van der Waals surface area contributed by atoms with E-state index in [1.807, 2.05) is 21.1 Å². The molecule has 0 aromatic carbocycles. The molecule has 10 heteroatoms. The van der Waals surface area contributed by atoms with Crippen LogP contribution in [0.4, 0.5) is 0 Å². The summed E-state index contributed by atoms with van der Waals surface area (Å²) < 4.78 is 57.6. The van der Waals surface area contributed by atoms with Crippen LogP contribution < -0.4 is 5.32 Å². The van der Waals surface area contributed by atoms with E-state index in [0.717, 1.165) is 0 Å².